The number of para-hydroxylation sites is 2. The summed E-state index contributed by atoms with van der Waals surface area (Å²) in [5.41, 5.74) is 1.95. The van der Waals surface area contributed by atoms with Crippen LogP contribution in [0.4, 0.5) is 5.69 Å². The van der Waals surface area contributed by atoms with E-state index in [4.69, 9.17) is 4.74 Å². The molecule has 2 aromatic carbocycles. The van der Waals surface area contributed by atoms with Crippen LogP contribution in [0.1, 0.15) is 12.5 Å². The average Bonchev–Trinajstić information content (AvgIpc) is 2.78. The predicted molar refractivity (Wildman–Crippen MR) is 135 cm³/mol. The third-order valence-corrected chi connectivity index (χ3v) is 5.01. The molecule has 0 bridgehead atoms. The molecule has 1 aliphatic rings. The highest BCUT2D eigenvalue weighted by Gasteiger charge is 2.21. The number of aliphatic hydroxyl groups is 1. The van der Waals surface area contributed by atoms with Gasteiger partial charge in [-0.1, -0.05) is 42.5 Å². The van der Waals surface area contributed by atoms with Crippen LogP contribution in [0.25, 0.3) is 0 Å². The molecule has 1 fully saturated rings. The summed E-state index contributed by atoms with van der Waals surface area (Å²) < 4.78 is 5.61. The number of piperazine rings is 1. The Hall–Kier alpha value is -2.04. The minimum Gasteiger partial charge on any atom is -0.506 e. The van der Waals surface area contributed by atoms with Gasteiger partial charge in [0.15, 0.2) is 5.96 Å². The van der Waals surface area contributed by atoms with Crippen LogP contribution in [0.2, 0.25) is 0 Å². The van der Waals surface area contributed by atoms with E-state index in [1.807, 2.05) is 55.5 Å². The van der Waals surface area contributed by atoms with Gasteiger partial charge in [-0.25, -0.2) is 0 Å². The molecule has 1 aliphatic heterocycles. The van der Waals surface area contributed by atoms with Gasteiger partial charge in [0.05, 0.1) is 31.5 Å². The van der Waals surface area contributed by atoms with Gasteiger partial charge in [0.2, 0.25) is 0 Å². The maximum Gasteiger partial charge on any atom is 0.194 e. The predicted octanol–water partition coefficient (Wildman–Crippen LogP) is 2.68. The zero-order chi connectivity index (χ0) is 21.2. The lowest BCUT2D eigenvalue weighted by molar-refractivity contribution is 0.0330. The fourth-order valence-electron chi connectivity index (χ4n) is 3.45. The summed E-state index contributed by atoms with van der Waals surface area (Å²) in [4.78, 5) is 8.99. The van der Waals surface area contributed by atoms with Crippen LogP contribution in [-0.2, 0) is 11.3 Å². The fraction of sp³-hybridized carbons (Fsp3) is 0.435. The molecule has 170 valence electrons. The quantitative estimate of drug-likeness (QED) is 0.272. The second-order valence-electron chi connectivity index (χ2n) is 7.31. The molecule has 0 spiro atoms. The Kier molecular flexibility index (Phi) is 10.9. The van der Waals surface area contributed by atoms with Crippen LogP contribution in [0.3, 0.4) is 0 Å². The van der Waals surface area contributed by atoms with Crippen molar-refractivity contribution in [1.82, 2.24) is 10.2 Å². The molecular formula is C23H33IN4O3. The molecule has 1 saturated heterocycles. The van der Waals surface area contributed by atoms with Crippen LogP contribution in [0, 0.1) is 0 Å². The summed E-state index contributed by atoms with van der Waals surface area (Å²) >= 11 is 0. The lowest BCUT2D eigenvalue weighted by atomic mass is 10.2. The van der Waals surface area contributed by atoms with Crippen molar-refractivity contribution < 1.29 is 14.9 Å². The van der Waals surface area contributed by atoms with E-state index in [9.17, 15) is 10.2 Å². The van der Waals surface area contributed by atoms with E-state index >= 15 is 0 Å². The maximum absolute atomic E-state index is 10.2. The van der Waals surface area contributed by atoms with Crippen LogP contribution < -0.4 is 10.2 Å². The van der Waals surface area contributed by atoms with Crippen LogP contribution in [0.5, 0.6) is 5.75 Å². The molecule has 1 unspecified atom stereocenters. The third kappa shape index (κ3) is 7.86. The molecule has 1 atom stereocenters. The number of hydrogen-bond acceptors (Lipinski definition) is 5. The Morgan fingerprint density at radius 3 is 2.42 bits per heavy atom. The first-order chi connectivity index (χ1) is 14.7. The first kappa shape index (κ1) is 25.2. The van der Waals surface area contributed by atoms with Gasteiger partial charge in [-0.3, -0.25) is 4.99 Å². The second kappa shape index (κ2) is 13.4. The number of guanidine groups is 1. The van der Waals surface area contributed by atoms with Gasteiger partial charge in [-0.05, 0) is 24.6 Å². The average molecular weight is 540 g/mol. The number of anilines is 1. The Bertz CT molecular complexity index is 798. The molecule has 3 N–H and O–H groups in total. The summed E-state index contributed by atoms with van der Waals surface area (Å²) in [6, 6.07) is 17.4. The zero-order valence-electron chi connectivity index (χ0n) is 18.0. The number of phenols is 1. The van der Waals surface area contributed by atoms with Crippen molar-refractivity contribution in [2.45, 2.75) is 19.6 Å². The number of hydrogen-bond donors (Lipinski definition) is 3. The van der Waals surface area contributed by atoms with Crippen molar-refractivity contribution in [1.29, 1.82) is 0 Å². The van der Waals surface area contributed by atoms with E-state index in [2.05, 4.69) is 20.1 Å². The number of aromatic hydroxyl groups is 1. The van der Waals surface area contributed by atoms with Gasteiger partial charge in [-0.15, -0.1) is 24.0 Å². The van der Waals surface area contributed by atoms with Gasteiger partial charge < -0.3 is 30.1 Å². The van der Waals surface area contributed by atoms with Gasteiger partial charge in [-0.2, -0.15) is 0 Å². The van der Waals surface area contributed by atoms with Gasteiger partial charge in [0, 0.05) is 32.7 Å². The van der Waals surface area contributed by atoms with Crippen molar-refractivity contribution >= 4 is 35.6 Å². The first-order valence-electron chi connectivity index (χ1n) is 10.5. The number of aliphatic imine (C=N–C) groups is 1. The summed E-state index contributed by atoms with van der Waals surface area (Å²) in [5, 5.41) is 23.6. The fourth-order valence-corrected chi connectivity index (χ4v) is 3.45. The van der Waals surface area contributed by atoms with E-state index in [0.29, 0.717) is 12.4 Å². The van der Waals surface area contributed by atoms with Gasteiger partial charge >= 0.3 is 0 Å². The molecule has 0 aromatic heterocycles. The van der Waals surface area contributed by atoms with Crippen LogP contribution in [0.15, 0.2) is 59.6 Å². The number of benzene rings is 2. The van der Waals surface area contributed by atoms with Crippen LogP contribution in [-0.4, -0.2) is 73.1 Å². The lowest BCUT2D eigenvalue weighted by Gasteiger charge is -2.38. The monoisotopic (exact) mass is 540 g/mol. The van der Waals surface area contributed by atoms with E-state index in [1.165, 1.54) is 0 Å². The summed E-state index contributed by atoms with van der Waals surface area (Å²) in [7, 11) is 0. The molecule has 0 radical (unpaired) electrons. The van der Waals surface area contributed by atoms with Crippen molar-refractivity contribution in [3.63, 3.8) is 0 Å². The SMILES string of the molecule is CCNC(=NCC(O)COCc1ccccc1)N1CCN(c2ccccc2O)CC1.I. The number of phenolic OH excluding ortho intramolecular Hbond substituents is 1. The smallest absolute Gasteiger partial charge is 0.194 e. The number of ether oxygens (including phenoxy) is 1. The summed E-state index contributed by atoms with van der Waals surface area (Å²) in [5.74, 6) is 1.11. The molecule has 2 aromatic rings. The molecule has 1 heterocycles. The standard InChI is InChI=1S/C23H32N4O3.HI/c1-2-24-23(25-16-20(28)18-30-17-19-8-4-3-5-9-19)27-14-12-26(13-15-27)21-10-6-7-11-22(21)29;/h3-11,20,28-29H,2,12-18H2,1H3,(H,24,25);1H. The number of rotatable bonds is 8. The molecule has 31 heavy (non-hydrogen) atoms. The van der Waals surface area contributed by atoms with E-state index < -0.39 is 6.10 Å². The van der Waals surface area contributed by atoms with E-state index in [1.54, 1.807) is 6.07 Å². The number of halogens is 1. The van der Waals surface area contributed by atoms with Crippen LogP contribution >= 0.6 is 24.0 Å². The molecular weight excluding hydrogens is 507 g/mol. The zero-order valence-corrected chi connectivity index (χ0v) is 20.3. The van der Waals surface area contributed by atoms with Crippen molar-refractivity contribution in [3.05, 3.63) is 60.2 Å². The Labute approximate surface area is 201 Å². The van der Waals surface area contributed by atoms with E-state index in [0.717, 1.165) is 49.9 Å². The summed E-state index contributed by atoms with van der Waals surface area (Å²) in [6.07, 6.45) is -0.648. The number of nitrogens with zero attached hydrogens (tertiary/aromatic N) is 3. The van der Waals surface area contributed by atoms with Crippen molar-refractivity contribution in [2.75, 3.05) is 50.8 Å². The van der Waals surface area contributed by atoms with Gasteiger partial charge in [0.25, 0.3) is 0 Å². The minimum absolute atomic E-state index is 0. The summed E-state index contributed by atoms with van der Waals surface area (Å²) in [6.45, 7) is 6.99. The largest absolute Gasteiger partial charge is 0.506 e. The van der Waals surface area contributed by atoms with Gasteiger partial charge in [0.1, 0.15) is 5.75 Å². The molecule has 0 amide bonds. The number of nitrogens with one attached hydrogen (secondary N) is 1. The maximum atomic E-state index is 10.2. The van der Waals surface area contributed by atoms with E-state index in [-0.39, 0.29) is 37.1 Å². The topological polar surface area (TPSA) is 80.6 Å². The lowest BCUT2D eigenvalue weighted by Crippen LogP contribution is -2.52. The Morgan fingerprint density at radius 1 is 1.06 bits per heavy atom. The number of aliphatic hydroxyl groups excluding tert-OH is 1. The molecule has 0 saturated carbocycles. The Balaban J connectivity index is 0.00000341. The van der Waals surface area contributed by atoms with Crippen molar-refractivity contribution in [3.8, 4) is 5.75 Å². The van der Waals surface area contributed by atoms with Crippen molar-refractivity contribution in [2.24, 2.45) is 4.99 Å². The minimum atomic E-state index is -0.648. The Morgan fingerprint density at radius 2 is 1.74 bits per heavy atom. The highest BCUT2D eigenvalue weighted by atomic mass is 127. The molecule has 0 aliphatic carbocycles. The normalized spacial score (nSPS) is 15.4. The molecule has 7 nitrogen and oxygen atoms in total. The first-order valence-corrected chi connectivity index (χ1v) is 10.5. The molecule has 8 heteroatoms. The highest BCUT2D eigenvalue weighted by Crippen LogP contribution is 2.27. The second-order valence-corrected chi connectivity index (χ2v) is 7.31. The third-order valence-electron chi connectivity index (χ3n) is 5.01. The highest BCUT2D eigenvalue weighted by molar-refractivity contribution is 14.0. The molecule has 3 rings (SSSR count).